The summed E-state index contributed by atoms with van der Waals surface area (Å²) in [6, 6.07) is 25.2. The molecule has 0 unspecified atom stereocenters. The summed E-state index contributed by atoms with van der Waals surface area (Å²) in [7, 11) is 1.34. The van der Waals surface area contributed by atoms with Crippen LogP contribution in [0.15, 0.2) is 97.3 Å². The van der Waals surface area contributed by atoms with Gasteiger partial charge in [0, 0.05) is 41.3 Å². The molecule has 1 heterocycles. The third kappa shape index (κ3) is 7.70. The van der Waals surface area contributed by atoms with E-state index >= 15 is 0 Å². The van der Waals surface area contributed by atoms with Gasteiger partial charge in [0.2, 0.25) is 0 Å². The number of aromatic nitrogens is 1. The van der Waals surface area contributed by atoms with E-state index in [1.54, 1.807) is 42.7 Å². The first-order valence-corrected chi connectivity index (χ1v) is 11.5. The lowest BCUT2D eigenvalue weighted by Crippen LogP contribution is -2.28. The first-order valence-electron chi connectivity index (χ1n) is 11.5. The van der Waals surface area contributed by atoms with Gasteiger partial charge in [-0.15, -0.1) is 0 Å². The summed E-state index contributed by atoms with van der Waals surface area (Å²) in [4.78, 5) is 28.2. The van der Waals surface area contributed by atoms with Crippen LogP contribution in [0.4, 0.5) is 10.5 Å². The number of hydrogen-bond acceptors (Lipinski definition) is 5. The number of carbonyl (C=O) groups is 2. The van der Waals surface area contributed by atoms with Gasteiger partial charge in [0.05, 0.1) is 12.7 Å². The van der Waals surface area contributed by atoms with Crippen LogP contribution in [0.1, 0.15) is 32.6 Å². The summed E-state index contributed by atoms with van der Waals surface area (Å²) >= 11 is 0. The van der Waals surface area contributed by atoms with Gasteiger partial charge >= 0.3 is 12.0 Å². The minimum atomic E-state index is -0.411. The fraction of sp³-hybridized carbons (Fsp3) is 0.100. The van der Waals surface area contributed by atoms with Crippen LogP contribution in [0, 0.1) is 11.8 Å². The molecule has 0 aliphatic rings. The normalized spacial score (nSPS) is 9.97. The maximum atomic E-state index is 12.4. The summed E-state index contributed by atoms with van der Waals surface area (Å²) in [6.45, 7) is 0.807. The SMILES string of the molecule is COC(=O)c1cccc(C#Cc2cccc(NC(=O)NCc3ccc(OCc4cccnc4)cc3)c2)c1. The number of nitrogens with zero attached hydrogens (tertiary/aromatic N) is 1. The lowest BCUT2D eigenvalue weighted by atomic mass is 10.1. The first-order chi connectivity index (χ1) is 18.1. The number of benzene rings is 3. The average molecular weight is 492 g/mol. The van der Waals surface area contributed by atoms with Gasteiger partial charge in [-0.2, -0.15) is 0 Å². The van der Waals surface area contributed by atoms with Gasteiger partial charge in [0.1, 0.15) is 12.4 Å². The number of rotatable bonds is 7. The van der Waals surface area contributed by atoms with Crippen molar-refractivity contribution in [2.24, 2.45) is 0 Å². The Balaban J connectivity index is 1.28. The van der Waals surface area contributed by atoms with E-state index in [0.29, 0.717) is 30.0 Å². The predicted octanol–water partition coefficient (Wildman–Crippen LogP) is 5.17. The molecule has 7 heteroatoms. The molecule has 7 nitrogen and oxygen atoms in total. The first kappa shape index (κ1) is 25.0. The standard InChI is InChI=1S/C30H25N3O4/c1-36-29(34)26-8-2-5-22(17-26)10-11-23-6-3-9-27(18-23)33-30(35)32-20-24-12-14-28(15-13-24)37-21-25-7-4-16-31-19-25/h2-9,12-19H,20-21H2,1H3,(H2,32,33,35). The number of ether oxygens (including phenoxy) is 2. The number of methoxy groups -OCH3 is 1. The van der Waals surface area contributed by atoms with E-state index in [1.807, 2.05) is 54.6 Å². The summed E-state index contributed by atoms with van der Waals surface area (Å²) in [5.74, 6) is 6.42. The fourth-order valence-corrected chi connectivity index (χ4v) is 3.37. The number of pyridine rings is 1. The monoisotopic (exact) mass is 491 g/mol. The number of urea groups is 1. The maximum Gasteiger partial charge on any atom is 0.337 e. The summed E-state index contributed by atoms with van der Waals surface area (Å²) in [5.41, 5.74) is 4.40. The Bertz CT molecular complexity index is 1420. The molecule has 0 spiro atoms. The Morgan fingerprint density at radius 2 is 1.62 bits per heavy atom. The number of esters is 1. The lowest BCUT2D eigenvalue weighted by Gasteiger charge is -2.09. The van der Waals surface area contributed by atoms with Crippen molar-refractivity contribution in [3.63, 3.8) is 0 Å². The van der Waals surface area contributed by atoms with E-state index in [1.165, 1.54) is 7.11 Å². The van der Waals surface area contributed by atoms with Crippen molar-refractivity contribution >= 4 is 17.7 Å². The molecule has 0 aliphatic carbocycles. The second-order valence-corrected chi connectivity index (χ2v) is 8.00. The molecule has 4 rings (SSSR count). The third-order valence-electron chi connectivity index (χ3n) is 5.26. The van der Waals surface area contributed by atoms with Crippen LogP contribution >= 0.6 is 0 Å². The van der Waals surface area contributed by atoms with Gasteiger partial charge in [0.25, 0.3) is 0 Å². The molecule has 0 aliphatic heterocycles. The van der Waals surface area contributed by atoms with E-state index in [0.717, 1.165) is 22.4 Å². The molecule has 0 fully saturated rings. The highest BCUT2D eigenvalue weighted by Gasteiger charge is 2.05. The van der Waals surface area contributed by atoms with Crippen molar-refractivity contribution in [3.05, 3.63) is 125 Å². The molecule has 0 saturated carbocycles. The highest BCUT2D eigenvalue weighted by molar-refractivity contribution is 5.90. The summed E-state index contributed by atoms with van der Waals surface area (Å²) in [5, 5.41) is 5.67. The topological polar surface area (TPSA) is 89.5 Å². The lowest BCUT2D eigenvalue weighted by molar-refractivity contribution is 0.0600. The maximum absolute atomic E-state index is 12.4. The van der Waals surface area contributed by atoms with Crippen molar-refractivity contribution in [2.45, 2.75) is 13.2 Å². The summed E-state index contributed by atoms with van der Waals surface area (Å²) < 4.78 is 10.5. The molecule has 3 aromatic carbocycles. The molecule has 0 radical (unpaired) electrons. The van der Waals surface area contributed by atoms with Gasteiger partial charge in [-0.1, -0.05) is 42.2 Å². The molecule has 184 valence electrons. The van der Waals surface area contributed by atoms with Crippen LogP contribution in [0.3, 0.4) is 0 Å². The zero-order chi connectivity index (χ0) is 25.9. The molecule has 1 aromatic heterocycles. The number of hydrogen-bond donors (Lipinski definition) is 2. The van der Waals surface area contributed by atoms with E-state index < -0.39 is 5.97 Å². The van der Waals surface area contributed by atoms with E-state index in [4.69, 9.17) is 9.47 Å². The third-order valence-corrected chi connectivity index (χ3v) is 5.26. The Labute approximate surface area is 215 Å². The van der Waals surface area contributed by atoms with E-state index in [2.05, 4.69) is 27.5 Å². The highest BCUT2D eigenvalue weighted by atomic mass is 16.5. The van der Waals surface area contributed by atoms with Crippen LogP contribution in [0.25, 0.3) is 0 Å². The molecule has 0 bridgehead atoms. The van der Waals surface area contributed by atoms with Crippen LogP contribution in [0.2, 0.25) is 0 Å². The number of nitrogens with one attached hydrogen (secondary N) is 2. The highest BCUT2D eigenvalue weighted by Crippen LogP contribution is 2.15. The van der Waals surface area contributed by atoms with Crippen molar-refractivity contribution in [1.29, 1.82) is 0 Å². The molecule has 0 saturated heterocycles. The molecule has 4 aromatic rings. The van der Waals surface area contributed by atoms with Crippen molar-refractivity contribution in [2.75, 3.05) is 12.4 Å². The number of carbonyl (C=O) groups excluding carboxylic acids is 2. The van der Waals surface area contributed by atoms with E-state index in [-0.39, 0.29) is 6.03 Å². The van der Waals surface area contributed by atoms with Gasteiger partial charge in [0.15, 0.2) is 0 Å². The number of anilines is 1. The van der Waals surface area contributed by atoms with Crippen LogP contribution in [0.5, 0.6) is 5.75 Å². The quantitative estimate of drug-likeness (QED) is 0.275. The smallest absolute Gasteiger partial charge is 0.337 e. The van der Waals surface area contributed by atoms with Crippen LogP contribution in [-0.2, 0) is 17.9 Å². The zero-order valence-electron chi connectivity index (χ0n) is 20.2. The Kier molecular flexibility index (Phi) is 8.50. The Morgan fingerprint density at radius 3 is 2.35 bits per heavy atom. The molecule has 37 heavy (non-hydrogen) atoms. The second kappa shape index (κ2) is 12.6. The zero-order valence-corrected chi connectivity index (χ0v) is 20.2. The second-order valence-electron chi connectivity index (χ2n) is 8.00. The van der Waals surface area contributed by atoms with E-state index in [9.17, 15) is 9.59 Å². The summed E-state index contributed by atoms with van der Waals surface area (Å²) in [6.07, 6.45) is 3.49. The number of amides is 2. The minimum absolute atomic E-state index is 0.326. The van der Waals surface area contributed by atoms with Crippen molar-refractivity contribution in [1.82, 2.24) is 10.3 Å². The van der Waals surface area contributed by atoms with Gasteiger partial charge in [-0.3, -0.25) is 4.98 Å². The van der Waals surface area contributed by atoms with Crippen molar-refractivity contribution < 1.29 is 19.1 Å². The Hall–Kier alpha value is -5.09. The van der Waals surface area contributed by atoms with Crippen LogP contribution in [-0.4, -0.2) is 24.1 Å². The van der Waals surface area contributed by atoms with Gasteiger partial charge < -0.3 is 20.1 Å². The predicted molar refractivity (Wildman–Crippen MR) is 141 cm³/mol. The Morgan fingerprint density at radius 1 is 0.865 bits per heavy atom. The van der Waals surface area contributed by atoms with Crippen molar-refractivity contribution in [3.8, 4) is 17.6 Å². The molecule has 2 amide bonds. The molecule has 2 N–H and O–H groups in total. The molecule has 0 atom stereocenters. The van der Waals surface area contributed by atoms with Gasteiger partial charge in [-0.25, -0.2) is 9.59 Å². The fourth-order valence-electron chi connectivity index (χ4n) is 3.37. The van der Waals surface area contributed by atoms with Crippen LogP contribution < -0.4 is 15.4 Å². The minimum Gasteiger partial charge on any atom is -0.489 e. The molecular weight excluding hydrogens is 466 g/mol. The van der Waals surface area contributed by atoms with Gasteiger partial charge in [-0.05, 0) is 60.2 Å². The largest absolute Gasteiger partial charge is 0.489 e. The average Bonchev–Trinajstić information content (AvgIpc) is 2.95. The molecular formula is C30H25N3O4.